The van der Waals surface area contributed by atoms with Crippen LogP contribution in [0.2, 0.25) is 0 Å². The Bertz CT molecular complexity index is 1190. The molecule has 0 atom stereocenters. The van der Waals surface area contributed by atoms with Crippen molar-refractivity contribution in [2.45, 2.75) is 66.7 Å². The molecule has 178 valence electrons. The summed E-state index contributed by atoms with van der Waals surface area (Å²) in [5.41, 5.74) is 5.88. The molecular formula is C28H34N4O2. The van der Waals surface area contributed by atoms with Gasteiger partial charge >= 0.3 is 0 Å². The standard InChI is InChI=1S/C25H28N4O2.C3H6/c1-6-16(4)22(24(8-3)29-31)9-17(5)21(7-2)23-11-20-14-27-25(28-15-30)12-18(20)10-19(23)13-26;1-2-3-1/h7,9-12,14-15,31H,6,8H2,1-5H3,(H,27,28,30);1-3H2/b17-9-,21-7+,22-16-,29-24-;. The van der Waals surface area contributed by atoms with E-state index in [1.54, 1.807) is 18.3 Å². The molecule has 0 unspecified atom stereocenters. The fourth-order valence-corrected chi connectivity index (χ4v) is 3.50. The van der Waals surface area contributed by atoms with Gasteiger partial charge in [0.2, 0.25) is 6.41 Å². The lowest BCUT2D eigenvalue weighted by atomic mass is 9.90. The van der Waals surface area contributed by atoms with Crippen LogP contribution in [-0.2, 0) is 4.79 Å². The summed E-state index contributed by atoms with van der Waals surface area (Å²) in [5.74, 6) is 0.432. The molecule has 6 nitrogen and oxygen atoms in total. The van der Waals surface area contributed by atoms with Crippen LogP contribution in [0.4, 0.5) is 5.82 Å². The molecular weight excluding hydrogens is 424 g/mol. The highest BCUT2D eigenvalue weighted by atomic mass is 16.4. The maximum atomic E-state index is 10.7. The Morgan fingerprint density at radius 3 is 2.38 bits per heavy atom. The largest absolute Gasteiger partial charge is 0.411 e. The Morgan fingerprint density at radius 1 is 1.18 bits per heavy atom. The predicted octanol–water partition coefficient (Wildman–Crippen LogP) is 7.16. The van der Waals surface area contributed by atoms with Gasteiger partial charge in [-0.3, -0.25) is 4.79 Å². The van der Waals surface area contributed by atoms with Crippen LogP contribution in [-0.4, -0.2) is 22.3 Å². The monoisotopic (exact) mass is 458 g/mol. The van der Waals surface area contributed by atoms with Gasteiger partial charge in [-0.05, 0) is 80.0 Å². The molecule has 1 saturated carbocycles. The molecule has 0 spiro atoms. The predicted molar refractivity (Wildman–Crippen MR) is 140 cm³/mol. The van der Waals surface area contributed by atoms with Gasteiger partial charge in [-0.1, -0.05) is 49.9 Å². The second-order valence-corrected chi connectivity index (χ2v) is 8.23. The minimum absolute atomic E-state index is 0.432. The third kappa shape index (κ3) is 6.89. The molecule has 1 aliphatic carbocycles. The number of nitrogens with zero attached hydrogens (tertiary/aromatic N) is 3. The molecule has 1 heterocycles. The first-order valence-corrected chi connectivity index (χ1v) is 11.7. The molecule has 0 radical (unpaired) electrons. The van der Waals surface area contributed by atoms with Crippen LogP contribution in [0.1, 0.15) is 77.8 Å². The van der Waals surface area contributed by atoms with E-state index in [-0.39, 0.29) is 0 Å². The van der Waals surface area contributed by atoms with Crippen LogP contribution in [0.25, 0.3) is 16.3 Å². The van der Waals surface area contributed by atoms with E-state index in [4.69, 9.17) is 0 Å². The fraction of sp³-hybridized carbons (Fsp3) is 0.357. The van der Waals surface area contributed by atoms with Crippen LogP contribution in [0.5, 0.6) is 0 Å². The number of fused-ring (bicyclic) bond motifs is 1. The van der Waals surface area contributed by atoms with Gasteiger partial charge in [0.15, 0.2) is 0 Å². The van der Waals surface area contributed by atoms with E-state index in [1.807, 2.05) is 45.9 Å². The van der Waals surface area contributed by atoms with Crippen LogP contribution < -0.4 is 5.32 Å². The van der Waals surface area contributed by atoms with Crippen molar-refractivity contribution in [1.29, 1.82) is 5.26 Å². The highest BCUT2D eigenvalue weighted by Gasteiger charge is 2.14. The summed E-state index contributed by atoms with van der Waals surface area (Å²) in [7, 11) is 0. The molecule has 34 heavy (non-hydrogen) atoms. The van der Waals surface area contributed by atoms with Gasteiger partial charge in [0.1, 0.15) is 5.82 Å². The van der Waals surface area contributed by atoms with E-state index in [1.165, 1.54) is 19.3 Å². The number of nitrogens with one attached hydrogen (secondary N) is 1. The Kier molecular flexibility index (Phi) is 10.2. The molecule has 3 rings (SSSR count). The maximum Gasteiger partial charge on any atom is 0.212 e. The second kappa shape index (κ2) is 13.1. The smallest absolute Gasteiger partial charge is 0.212 e. The Hall–Kier alpha value is -3.72. The van der Waals surface area contributed by atoms with Crippen molar-refractivity contribution in [3.05, 3.63) is 64.4 Å². The topological polar surface area (TPSA) is 98.4 Å². The zero-order valence-corrected chi connectivity index (χ0v) is 20.8. The minimum atomic E-state index is 0.432. The van der Waals surface area contributed by atoms with Crippen molar-refractivity contribution in [3.8, 4) is 6.07 Å². The zero-order valence-electron chi connectivity index (χ0n) is 20.8. The summed E-state index contributed by atoms with van der Waals surface area (Å²) in [6.45, 7) is 9.98. The minimum Gasteiger partial charge on any atom is -0.411 e. The van der Waals surface area contributed by atoms with Gasteiger partial charge < -0.3 is 10.5 Å². The van der Waals surface area contributed by atoms with E-state index in [0.717, 1.165) is 45.0 Å². The van der Waals surface area contributed by atoms with Gasteiger partial charge in [-0.2, -0.15) is 5.26 Å². The van der Waals surface area contributed by atoms with Crippen molar-refractivity contribution < 1.29 is 10.0 Å². The number of oxime groups is 1. The van der Waals surface area contributed by atoms with E-state index in [0.29, 0.717) is 29.9 Å². The summed E-state index contributed by atoms with van der Waals surface area (Å²) >= 11 is 0. The van der Waals surface area contributed by atoms with E-state index in [2.05, 4.69) is 28.4 Å². The van der Waals surface area contributed by atoms with Crippen molar-refractivity contribution in [3.63, 3.8) is 0 Å². The summed E-state index contributed by atoms with van der Waals surface area (Å²) in [6, 6.07) is 7.77. The van der Waals surface area contributed by atoms with Crippen molar-refractivity contribution in [1.82, 2.24) is 4.98 Å². The van der Waals surface area contributed by atoms with Crippen molar-refractivity contribution in [2.75, 3.05) is 5.32 Å². The lowest BCUT2D eigenvalue weighted by Gasteiger charge is -2.15. The van der Waals surface area contributed by atoms with Gasteiger partial charge in [-0.15, -0.1) is 0 Å². The molecule has 0 bridgehead atoms. The number of hydrogen-bond acceptors (Lipinski definition) is 5. The van der Waals surface area contributed by atoms with Crippen molar-refractivity contribution in [2.24, 2.45) is 5.16 Å². The van der Waals surface area contributed by atoms with E-state index in [9.17, 15) is 15.3 Å². The number of hydrogen-bond donors (Lipinski definition) is 2. The van der Waals surface area contributed by atoms with Gasteiger partial charge in [0.25, 0.3) is 0 Å². The maximum absolute atomic E-state index is 10.7. The Morgan fingerprint density at radius 2 is 1.88 bits per heavy atom. The molecule has 6 heteroatoms. The molecule has 1 amide bonds. The molecule has 1 aromatic carbocycles. The highest BCUT2D eigenvalue weighted by Crippen LogP contribution is 2.31. The van der Waals surface area contributed by atoms with Gasteiger partial charge in [-0.25, -0.2) is 4.98 Å². The average Bonchev–Trinajstić information content (AvgIpc) is 3.73. The molecule has 1 fully saturated rings. The third-order valence-electron chi connectivity index (χ3n) is 5.66. The summed E-state index contributed by atoms with van der Waals surface area (Å²) in [4.78, 5) is 14.9. The number of pyridine rings is 1. The Labute approximate surface area is 202 Å². The normalized spacial score (nSPS) is 14.5. The number of benzene rings is 1. The number of allylic oxidation sites excluding steroid dienone is 6. The van der Waals surface area contributed by atoms with Crippen LogP contribution in [0.15, 0.2) is 58.4 Å². The number of amides is 1. The lowest BCUT2D eigenvalue weighted by molar-refractivity contribution is -0.105. The summed E-state index contributed by atoms with van der Waals surface area (Å²) in [6.07, 6.45) is 12.2. The molecule has 1 aromatic heterocycles. The summed E-state index contributed by atoms with van der Waals surface area (Å²) in [5, 5.41) is 27.0. The number of carbonyl (C=O) groups is 1. The van der Waals surface area contributed by atoms with E-state index >= 15 is 0 Å². The SMILES string of the molecule is C1CC1.C\C=C(/C(C)=C\C(C(\CC)=N/O)=C(/C)CC)c1cc2cnc(NC=O)cc2cc1C#N. The first kappa shape index (κ1) is 26.5. The van der Waals surface area contributed by atoms with Gasteiger partial charge in [0.05, 0.1) is 17.3 Å². The van der Waals surface area contributed by atoms with Gasteiger partial charge in [0, 0.05) is 17.1 Å². The fourth-order valence-electron chi connectivity index (χ4n) is 3.50. The highest BCUT2D eigenvalue weighted by molar-refractivity contribution is 6.03. The molecule has 2 aromatic rings. The quantitative estimate of drug-likeness (QED) is 0.144. The molecule has 2 N–H and O–H groups in total. The number of anilines is 1. The van der Waals surface area contributed by atoms with Crippen LogP contribution in [0.3, 0.4) is 0 Å². The van der Waals surface area contributed by atoms with Crippen LogP contribution in [0, 0.1) is 11.3 Å². The first-order chi connectivity index (χ1) is 16.4. The van der Waals surface area contributed by atoms with Crippen LogP contribution >= 0.6 is 0 Å². The number of carbonyl (C=O) groups excluding carboxylic acids is 1. The summed E-state index contributed by atoms with van der Waals surface area (Å²) < 4.78 is 0. The van der Waals surface area contributed by atoms with Crippen molar-refractivity contribution >= 4 is 34.3 Å². The molecule has 0 aliphatic heterocycles. The number of rotatable bonds is 8. The van der Waals surface area contributed by atoms with E-state index < -0.39 is 0 Å². The number of nitriles is 1. The first-order valence-electron chi connectivity index (χ1n) is 11.7. The Balaban J connectivity index is 0.00000126. The zero-order chi connectivity index (χ0) is 25.1. The second-order valence-electron chi connectivity index (χ2n) is 8.23. The molecule has 1 aliphatic rings. The number of aromatic nitrogens is 1. The lowest BCUT2D eigenvalue weighted by Crippen LogP contribution is -2.04. The third-order valence-corrected chi connectivity index (χ3v) is 5.66. The molecule has 0 saturated heterocycles. The average molecular weight is 459 g/mol.